The van der Waals surface area contributed by atoms with Gasteiger partial charge >= 0.3 is 0 Å². The number of fused-ring (bicyclic) bond motifs is 2. The third-order valence-electron chi connectivity index (χ3n) is 6.89. The molecule has 6 nitrogen and oxygen atoms in total. The van der Waals surface area contributed by atoms with Gasteiger partial charge in [0.1, 0.15) is 5.69 Å². The predicted molar refractivity (Wildman–Crippen MR) is 105 cm³/mol. The van der Waals surface area contributed by atoms with Gasteiger partial charge < -0.3 is 19.7 Å². The van der Waals surface area contributed by atoms with Crippen LogP contribution in [0.1, 0.15) is 40.5 Å². The fourth-order valence-corrected chi connectivity index (χ4v) is 5.40. The molecule has 3 aliphatic rings. The topological polar surface area (TPSA) is 68.8 Å². The molecular weight excluding hydrogens is 354 g/mol. The second-order valence-corrected chi connectivity index (χ2v) is 8.16. The highest BCUT2D eigenvalue weighted by molar-refractivity contribution is 5.92. The second-order valence-electron chi connectivity index (χ2n) is 8.16. The van der Waals surface area contributed by atoms with E-state index in [4.69, 9.17) is 4.74 Å². The van der Waals surface area contributed by atoms with E-state index >= 15 is 0 Å². The molecule has 1 aromatic carbocycles. The van der Waals surface area contributed by atoms with E-state index in [1.807, 2.05) is 17.0 Å². The first kappa shape index (κ1) is 17.9. The Morgan fingerprint density at radius 1 is 1.07 bits per heavy atom. The molecule has 2 fully saturated rings. The van der Waals surface area contributed by atoms with Crippen molar-refractivity contribution < 1.29 is 14.6 Å². The average Bonchev–Trinajstić information content (AvgIpc) is 3.36. The van der Waals surface area contributed by atoms with E-state index in [2.05, 4.69) is 34.1 Å². The lowest BCUT2D eigenvalue weighted by Crippen LogP contribution is -2.52. The number of aliphatic hydroxyl groups excluding tert-OH is 1. The van der Waals surface area contributed by atoms with Crippen molar-refractivity contribution in [2.45, 2.75) is 30.4 Å². The first-order valence-electron chi connectivity index (χ1n) is 10.2. The van der Waals surface area contributed by atoms with Gasteiger partial charge in [0.25, 0.3) is 5.91 Å². The van der Waals surface area contributed by atoms with Crippen LogP contribution < -0.4 is 0 Å². The van der Waals surface area contributed by atoms with Crippen LogP contribution in [0.2, 0.25) is 0 Å². The number of aromatic nitrogens is 1. The zero-order valence-corrected chi connectivity index (χ0v) is 16.0. The van der Waals surface area contributed by atoms with Gasteiger partial charge in [0, 0.05) is 37.8 Å². The molecule has 2 N–H and O–H groups in total. The number of hydrogen-bond donors (Lipinski definition) is 2. The largest absolute Gasteiger partial charge is 0.390 e. The third-order valence-corrected chi connectivity index (χ3v) is 6.89. The summed E-state index contributed by atoms with van der Waals surface area (Å²) in [5.41, 5.74) is 2.88. The van der Waals surface area contributed by atoms with E-state index in [0.717, 1.165) is 39.1 Å². The quantitative estimate of drug-likeness (QED) is 0.834. The number of carbonyl (C=O) groups is 1. The molecule has 2 saturated heterocycles. The minimum absolute atomic E-state index is 0.0192. The van der Waals surface area contributed by atoms with Gasteiger partial charge in [0.05, 0.1) is 25.4 Å². The van der Waals surface area contributed by atoms with Crippen LogP contribution in [-0.4, -0.2) is 71.3 Å². The molecule has 2 atom stereocenters. The van der Waals surface area contributed by atoms with Crippen molar-refractivity contribution in [3.63, 3.8) is 0 Å². The molecule has 2 aliphatic heterocycles. The number of morpholine rings is 1. The number of benzene rings is 1. The molecule has 5 rings (SSSR count). The van der Waals surface area contributed by atoms with Gasteiger partial charge in [-0.1, -0.05) is 24.3 Å². The van der Waals surface area contributed by atoms with Gasteiger partial charge in [-0.2, -0.15) is 0 Å². The molecule has 0 saturated carbocycles. The number of hydrogen-bond acceptors (Lipinski definition) is 4. The monoisotopic (exact) mass is 381 g/mol. The van der Waals surface area contributed by atoms with E-state index in [1.165, 1.54) is 11.1 Å². The minimum Gasteiger partial charge on any atom is -0.390 e. The van der Waals surface area contributed by atoms with Crippen molar-refractivity contribution in [2.75, 3.05) is 39.4 Å². The highest BCUT2D eigenvalue weighted by Gasteiger charge is 2.54. The van der Waals surface area contributed by atoms with E-state index in [0.29, 0.717) is 18.8 Å². The number of piperidine rings is 1. The molecule has 0 bridgehead atoms. The maximum absolute atomic E-state index is 12.7. The molecule has 0 radical (unpaired) electrons. The van der Waals surface area contributed by atoms with Crippen molar-refractivity contribution in [3.05, 3.63) is 59.4 Å². The van der Waals surface area contributed by atoms with Crippen molar-refractivity contribution in [1.82, 2.24) is 14.8 Å². The molecule has 3 heterocycles. The number of amides is 1. The minimum atomic E-state index is -0.453. The zero-order chi connectivity index (χ0) is 19.1. The summed E-state index contributed by atoms with van der Waals surface area (Å²) in [4.78, 5) is 20.0. The Labute approximate surface area is 165 Å². The summed E-state index contributed by atoms with van der Waals surface area (Å²) in [7, 11) is 0. The Morgan fingerprint density at radius 3 is 2.54 bits per heavy atom. The molecule has 2 aromatic rings. The molecular formula is C22H27N3O3. The van der Waals surface area contributed by atoms with Gasteiger partial charge in [-0.15, -0.1) is 0 Å². The number of aromatic amines is 1. The Balaban J connectivity index is 1.41. The molecule has 1 amide bonds. The van der Waals surface area contributed by atoms with E-state index in [9.17, 15) is 9.90 Å². The first-order chi connectivity index (χ1) is 13.7. The number of aliphatic hydroxyl groups is 1. The lowest BCUT2D eigenvalue weighted by molar-refractivity contribution is -0.0476. The SMILES string of the molecule is O=C(c1ccc[nH]1)N1CCC2(CC1)c1ccccc1[C@@H](N1CCOCC1)[C@@H]2O. The number of nitrogens with one attached hydrogen (secondary N) is 1. The van der Waals surface area contributed by atoms with Crippen LogP contribution in [-0.2, 0) is 10.2 Å². The number of H-pyrrole nitrogens is 1. The van der Waals surface area contributed by atoms with E-state index in [-0.39, 0.29) is 17.4 Å². The summed E-state index contributed by atoms with van der Waals surface area (Å²) in [5.74, 6) is 0.0466. The molecule has 6 heteroatoms. The highest BCUT2D eigenvalue weighted by Crippen LogP contribution is 2.52. The standard InChI is InChI=1S/C22H27N3O3/c26-20-19(24-12-14-28-15-13-24)16-4-1-2-5-17(16)22(20)7-10-25(11-8-22)21(27)18-6-3-9-23-18/h1-6,9,19-20,23,26H,7-8,10-15H2/t19-,20+/m1/s1. The summed E-state index contributed by atoms with van der Waals surface area (Å²) >= 11 is 0. The normalized spacial score (nSPS) is 27.1. The zero-order valence-electron chi connectivity index (χ0n) is 16.0. The highest BCUT2D eigenvalue weighted by atomic mass is 16.5. The van der Waals surface area contributed by atoms with Crippen LogP contribution in [0.25, 0.3) is 0 Å². The summed E-state index contributed by atoms with van der Waals surface area (Å²) in [6, 6.07) is 12.2. The van der Waals surface area contributed by atoms with Crippen LogP contribution in [0.4, 0.5) is 0 Å². The molecule has 1 aromatic heterocycles. The Hall–Kier alpha value is -2.15. The summed E-state index contributed by atoms with van der Waals surface area (Å²) < 4.78 is 5.52. The Morgan fingerprint density at radius 2 is 1.82 bits per heavy atom. The summed E-state index contributed by atoms with van der Waals surface area (Å²) in [6.07, 6.45) is 2.91. The summed E-state index contributed by atoms with van der Waals surface area (Å²) in [6.45, 7) is 4.47. The maximum Gasteiger partial charge on any atom is 0.270 e. The molecule has 28 heavy (non-hydrogen) atoms. The average molecular weight is 381 g/mol. The van der Waals surface area contributed by atoms with Gasteiger partial charge in [-0.25, -0.2) is 0 Å². The van der Waals surface area contributed by atoms with Crippen LogP contribution >= 0.6 is 0 Å². The van der Waals surface area contributed by atoms with Crippen LogP contribution in [0.15, 0.2) is 42.6 Å². The number of likely N-dealkylation sites (tertiary alicyclic amines) is 1. The molecule has 1 spiro atoms. The number of carbonyl (C=O) groups excluding carboxylic acids is 1. The fraction of sp³-hybridized carbons (Fsp3) is 0.500. The van der Waals surface area contributed by atoms with Crippen molar-refractivity contribution in [1.29, 1.82) is 0 Å². The first-order valence-corrected chi connectivity index (χ1v) is 10.2. The Bertz CT molecular complexity index is 836. The van der Waals surface area contributed by atoms with Crippen molar-refractivity contribution in [2.24, 2.45) is 0 Å². The van der Waals surface area contributed by atoms with Gasteiger partial charge in [-0.3, -0.25) is 9.69 Å². The fourth-order valence-electron chi connectivity index (χ4n) is 5.40. The molecule has 148 valence electrons. The number of ether oxygens (including phenoxy) is 1. The Kier molecular flexibility index (Phi) is 4.50. The van der Waals surface area contributed by atoms with E-state index < -0.39 is 6.10 Å². The maximum atomic E-state index is 12.7. The van der Waals surface area contributed by atoms with Gasteiger partial charge in [0.15, 0.2) is 0 Å². The lowest BCUT2D eigenvalue weighted by atomic mass is 9.72. The second kappa shape index (κ2) is 7.03. The third kappa shape index (κ3) is 2.70. The van der Waals surface area contributed by atoms with Crippen LogP contribution in [0, 0.1) is 0 Å². The number of nitrogens with zero attached hydrogens (tertiary/aromatic N) is 2. The van der Waals surface area contributed by atoms with Gasteiger partial charge in [0.2, 0.25) is 0 Å². The lowest BCUT2D eigenvalue weighted by Gasteiger charge is -2.44. The predicted octanol–water partition coefficient (Wildman–Crippen LogP) is 1.94. The summed E-state index contributed by atoms with van der Waals surface area (Å²) in [5, 5.41) is 11.6. The van der Waals surface area contributed by atoms with Crippen LogP contribution in [0.5, 0.6) is 0 Å². The van der Waals surface area contributed by atoms with Gasteiger partial charge in [-0.05, 0) is 36.1 Å². The molecule has 0 unspecified atom stereocenters. The van der Waals surface area contributed by atoms with E-state index in [1.54, 1.807) is 6.20 Å². The smallest absolute Gasteiger partial charge is 0.270 e. The van der Waals surface area contributed by atoms with Crippen molar-refractivity contribution in [3.8, 4) is 0 Å². The van der Waals surface area contributed by atoms with Crippen LogP contribution in [0.3, 0.4) is 0 Å². The molecule has 1 aliphatic carbocycles. The number of rotatable bonds is 2. The van der Waals surface area contributed by atoms with Crippen molar-refractivity contribution >= 4 is 5.91 Å².